The van der Waals surface area contributed by atoms with Crippen molar-refractivity contribution in [3.05, 3.63) is 59.7 Å². The van der Waals surface area contributed by atoms with E-state index in [-0.39, 0.29) is 10.5 Å². The molecule has 1 amide bonds. The first-order valence-corrected chi connectivity index (χ1v) is 10.9. The maximum Gasteiger partial charge on any atom is 0.338 e. The number of hydrogen-bond acceptors (Lipinski definition) is 5. The molecule has 29 heavy (non-hydrogen) atoms. The Bertz CT molecular complexity index is 934. The maximum atomic E-state index is 12.5. The first-order chi connectivity index (χ1) is 13.8. The van der Waals surface area contributed by atoms with Crippen molar-refractivity contribution in [1.29, 1.82) is 0 Å². The van der Waals surface area contributed by atoms with Gasteiger partial charge < -0.3 is 10.1 Å². The standard InChI is InChI=1S/C21H26N2O5S/c1-4-16-7-11-18(12-8-16)22-20(24)15-28-21(25)17-9-13-19(14-10-17)29(26,27)23(5-2)6-3/h7-14H,4-6,15H2,1-3H3,(H,22,24). The molecule has 0 aliphatic carbocycles. The van der Waals surface area contributed by atoms with Crippen molar-refractivity contribution in [2.24, 2.45) is 0 Å². The van der Waals surface area contributed by atoms with Crippen LogP contribution in [-0.4, -0.2) is 44.3 Å². The third-order valence-electron chi connectivity index (χ3n) is 4.41. The van der Waals surface area contributed by atoms with Crippen LogP contribution in [0.4, 0.5) is 5.69 Å². The Morgan fingerprint density at radius 3 is 2.03 bits per heavy atom. The van der Waals surface area contributed by atoms with Gasteiger partial charge in [-0.1, -0.05) is 32.9 Å². The van der Waals surface area contributed by atoms with Gasteiger partial charge in [-0.3, -0.25) is 4.79 Å². The lowest BCUT2D eigenvalue weighted by molar-refractivity contribution is -0.119. The average Bonchev–Trinajstić information content (AvgIpc) is 2.73. The number of carbonyl (C=O) groups is 2. The molecule has 0 aromatic heterocycles. The van der Waals surface area contributed by atoms with Crippen molar-refractivity contribution in [1.82, 2.24) is 4.31 Å². The molecular weight excluding hydrogens is 392 g/mol. The van der Waals surface area contributed by atoms with Crippen molar-refractivity contribution in [2.45, 2.75) is 32.1 Å². The van der Waals surface area contributed by atoms with Crippen LogP contribution in [0.1, 0.15) is 36.7 Å². The molecule has 2 aromatic rings. The SMILES string of the molecule is CCc1ccc(NC(=O)COC(=O)c2ccc(S(=O)(=O)N(CC)CC)cc2)cc1. The summed E-state index contributed by atoms with van der Waals surface area (Å²) in [7, 11) is -3.59. The summed E-state index contributed by atoms with van der Waals surface area (Å²) < 4.78 is 31.3. The number of amides is 1. The molecule has 0 aliphatic heterocycles. The molecule has 0 heterocycles. The summed E-state index contributed by atoms with van der Waals surface area (Å²) in [6.45, 7) is 5.84. The number of aryl methyl sites for hydroxylation is 1. The van der Waals surface area contributed by atoms with Crippen LogP contribution >= 0.6 is 0 Å². The lowest BCUT2D eigenvalue weighted by Gasteiger charge is -2.18. The summed E-state index contributed by atoms with van der Waals surface area (Å²) >= 11 is 0. The van der Waals surface area contributed by atoms with Crippen LogP contribution in [0.3, 0.4) is 0 Å². The summed E-state index contributed by atoms with van der Waals surface area (Å²) in [5.41, 5.74) is 1.94. The number of nitrogens with one attached hydrogen (secondary N) is 1. The maximum absolute atomic E-state index is 12.5. The van der Waals surface area contributed by atoms with Gasteiger partial charge in [0.1, 0.15) is 0 Å². The monoisotopic (exact) mass is 418 g/mol. The molecule has 2 aromatic carbocycles. The quantitative estimate of drug-likeness (QED) is 0.632. The molecule has 0 fully saturated rings. The van der Waals surface area contributed by atoms with Gasteiger partial charge in [0, 0.05) is 18.8 Å². The number of carbonyl (C=O) groups excluding carboxylic acids is 2. The van der Waals surface area contributed by atoms with E-state index in [9.17, 15) is 18.0 Å². The van der Waals surface area contributed by atoms with Gasteiger partial charge in [-0.25, -0.2) is 13.2 Å². The van der Waals surface area contributed by atoms with Crippen LogP contribution < -0.4 is 5.32 Å². The first-order valence-electron chi connectivity index (χ1n) is 9.47. The van der Waals surface area contributed by atoms with E-state index in [1.807, 2.05) is 19.1 Å². The van der Waals surface area contributed by atoms with Crippen molar-refractivity contribution < 1.29 is 22.7 Å². The van der Waals surface area contributed by atoms with Crippen LogP contribution in [-0.2, 0) is 26.0 Å². The van der Waals surface area contributed by atoms with Crippen LogP contribution in [0.25, 0.3) is 0 Å². The minimum Gasteiger partial charge on any atom is -0.452 e. The molecule has 0 spiro atoms. The van der Waals surface area contributed by atoms with Crippen LogP contribution in [0.15, 0.2) is 53.4 Å². The Labute approximate surface area is 171 Å². The summed E-state index contributed by atoms with van der Waals surface area (Å²) in [5.74, 6) is -1.16. The molecule has 0 bridgehead atoms. The van der Waals surface area contributed by atoms with E-state index in [1.54, 1.807) is 26.0 Å². The fraction of sp³-hybridized carbons (Fsp3) is 0.333. The number of rotatable bonds is 9. The largest absolute Gasteiger partial charge is 0.452 e. The molecule has 0 radical (unpaired) electrons. The molecule has 7 nitrogen and oxygen atoms in total. The Kier molecular flexibility index (Phi) is 7.92. The first kappa shape index (κ1) is 22.6. The van der Waals surface area contributed by atoms with E-state index in [2.05, 4.69) is 5.32 Å². The van der Waals surface area contributed by atoms with Crippen LogP contribution in [0.5, 0.6) is 0 Å². The average molecular weight is 419 g/mol. The highest BCUT2D eigenvalue weighted by Crippen LogP contribution is 2.17. The number of ether oxygens (including phenoxy) is 1. The van der Waals surface area contributed by atoms with E-state index in [4.69, 9.17) is 4.74 Å². The normalized spacial score (nSPS) is 11.3. The Morgan fingerprint density at radius 1 is 0.931 bits per heavy atom. The molecule has 156 valence electrons. The third-order valence-corrected chi connectivity index (χ3v) is 6.48. The Hall–Kier alpha value is -2.71. The lowest BCUT2D eigenvalue weighted by atomic mass is 10.1. The Morgan fingerprint density at radius 2 is 1.52 bits per heavy atom. The van der Waals surface area contributed by atoms with Gasteiger partial charge in [0.2, 0.25) is 10.0 Å². The van der Waals surface area contributed by atoms with E-state index >= 15 is 0 Å². The van der Waals surface area contributed by atoms with Gasteiger partial charge in [0.25, 0.3) is 5.91 Å². The molecule has 0 aliphatic rings. The van der Waals surface area contributed by atoms with Crippen molar-refractivity contribution >= 4 is 27.6 Å². The van der Waals surface area contributed by atoms with E-state index < -0.39 is 28.5 Å². The zero-order valence-corrected chi connectivity index (χ0v) is 17.7. The lowest BCUT2D eigenvalue weighted by Crippen LogP contribution is -2.30. The predicted molar refractivity (Wildman–Crippen MR) is 111 cm³/mol. The fourth-order valence-electron chi connectivity index (χ4n) is 2.71. The summed E-state index contributed by atoms with van der Waals surface area (Å²) in [5, 5.41) is 2.65. The summed E-state index contributed by atoms with van der Waals surface area (Å²) in [6, 6.07) is 12.9. The van der Waals surface area contributed by atoms with E-state index in [0.717, 1.165) is 12.0 Å². The number of hydrogen-bond donors (Lipinski definition) is 1. The summed E-state index contributed by atoms with van der Waals surface area (Å²) in [6.07, 6.45) is 0.904. The highest BCUT2D eigenvalue weighted by molar-refractivity contribution is 7.89. The number of esters is 1. The molecule has 0 atom stereocenters. The zero-order valence-electron chi connectivity index (χ0n) is 16.8. The number of benzene rings is 2. The smallest absolute Gasteiger partial charge is 0.338 e. The second-order valence-corrected chi connectivity index (χ2v) is 8.23. The molecule has 2 rings (SSSR count). The van der Waals surface area contributed by atoms with Gasteiger partial charge in [-0.2, -0.15) is 4.31 Å². The van der Waals surface area contributed by atoms with Crippen LogP contribution in [0.2, 0.25) is 0 Å². The van der Waals surface area contributed by atoms with Gasteiger partial charge in [-0.05, 0) is 48.4 Å². The number of anilines is 1. The van der Waals surface area contributed by atoms with Gasteiger partial charge in [-0.15, -0.1) is 0 Å². The molecule has 1 N–H and O–H groups in total. The van der Waals surface area contributed by atoms with E-state index in [0.29, 0.717) is 18.8 Å². The van der Waals surface area contributed by atoms with Crippen LogP contribution in [0, 0.1) is 0 Å². The minimum absolute atomic E-state index is 0.103. The minimum atomic E-state index is -3.59. The number of nitrogens with zero attached hydrogens (tertiary/aromatic N) is 1. The Balaban J connectivity index is 1.94. The molecule has 0 saturated heterocycles. The van der Waals surface area contributed by atoms with Gasteiger partial charge in [0.15, 0.2) is 6.61 Å². The highest BCUT2D eigenvalue weighted by atomic mass is 32.2. The van der Waals surface area contributed by atoms with Gasteiger partial charge in [0.05, 0.1) is 10.5 Å². The molecule has 8 heteroatoms. The molecule has 0 unspecified atom stereocenters. The highest BCUT2D eigenvalue weighted by Gasteiger charge is 2.22. The summed E-state index contributed by atoms with van der Waals surface area (Å²) in [4.78, 5) is 24.2. The molecule has 0 saturated carbocycles. The second-order valence-electron chi connectivity index (χ2n) is 6.29. The van der Waals surface area contributed by atoms with E-state index in [1.165, 1.54) is 28.6 Å². The van der Waals surface area contributed by atoms with Gasteiger partial charge >= 0.3 is 5.97 Å². The third kappa shape index (κ3) is 5.88. The zero-order chi connectivity index (χ0) is 21.4. The topological polar surface area (TPSA) is 92.8 Å². The van der Waals surface area contributed by atoms with Crippen molar-refractivity contribution in [3.8, 4) is 0 Å². The predicted octanol–water partition coefficient (Wildman–Crippen LogP) is 3.08. The van der Waals surface area contributed by atoms with Crippen molar-refractivity contribution in [2.75, 3.05) is 25.0 Å². The fourth-order valence-corrected chi connectivity index (χ4v) is 4.17. The second kappa shape index (κ2) is 10.2. The number of sulfonamides is 1. The molecular formula is C21H26N2O5S. The van der Waals surface area contributed by atoms with Crippen molar-refractivity contribution in [3.63, 3.8) is 0 Å².